The molecule has 0 spiro atoms. The Labute approximate surface area is 114 Å². The third-order valence-electron chi connectivity index (χ3n) is 4.62. The first-order valence-corrected chi connectivity index (χ1v) is 7.23. The van der Waals surface area contributed by atoms with Crippen molar-refractivity contribution < 1.29 is 4.79 Å². The summed E-state index contributed by atoms with van der Waals surface area (Å²) in [6.45, 7) is 1.76. The van der Waals surface area contributed by atoms with E-state index in [4.69, 9.17) is 0 Å². The van der Waals surface area contributed by atoms with Gasteiger partial charge in [0.2, 0.25) is 0 Å². The molecule has 0 bridgehead atoms. The number of aromatic nitrogens is 1. The fraction of sp³-hybridized carbons (Fsp3) is 0.471. The Balaban J connectivity index is 2.09. The molecule has 1 aromatic carbocycles. The van der Waals surface area contributed by atoms with Gasteiger partial charge in [0.15, 0.2) is 0 Å². The van der Waals surface area contributed by atoms with Crippen LogP contribution in [-0.4, -0.2) is 10.4 Å². The zero-order chi connectivity index (χ0) is 13.4. The van der Waals surface area contributed by atoms with E-state index in [1.807, 2.05) is 0 Å². The van der Waals surface area contributed by atoms with E-state index in [0.29, 0.717) is 11.7 Å². The van der Waals surface area contributed by atoms with Crippen LogP contribution in [0.1, 0.15) is 44.1 Å². The molecule has 1 fully saturated rings. The zero-order valence-corrected chi connectivity index (χ0v) is 11.7. The molecule has 0 N–H and O–H groups in total. The number of ketones is 1. The van der Waals surface area contributed by atoms with Gasteiger partial charge in [-0.15, -0.1) is 0 Å². The van der Waals surface area contributed by atoms with Gasteiger partial charge in [-0.2, -0.15) is 0 Å². The molecule has 3 rings (SSSR count). The molecule has 19 heavy (non-hydrogen) atoms. The minimum atomic E-state index is 0.222. The van der Waals surface area contributed by atoms with Gasteiger partial charge in [0.25, 0.3) is 0 Å². The normalized spacial score (nSPS) is 23.7. The number of hydrogen-bond acceptors (Lipinski definition) is 1. The molecule has 1 heterocycles. The number of nitrogens with zero attached hydrogens (tertiary/aromatic N) is 1. The molecule has 2 atom stereocenters. The number of carbonyl (C=O) groups excluding carboxylic acids is 1. The monoisotopic (exact) mass is 255 g/mol. The quantitative estimate of drug-likeness (QED) is 0.793. The lowest BCUT2D eigenvalue weighted by atomic mass is 9.74. The lowest BCUT2D eigenvalue weighted by molar-refractivity contribution is -0.122. The highest BCUT2D eigenvalue weighted by Gasteiger charge is 2.31. The minimum absolute atomic E-state index is 0.222. The van der Waals surface area contributed by atoms with Crippen LogP contribution in [0.5, 0.6) is 0 Å². The zero-order valence-electron chi connectivity index (χ0n) is 11.7. The molecule has 100 valence electrons. The van der Waals surface area contributed by atoms with Crippen molar-refractivity contribution in [1.29, 1.82) is 0 Å². The summed E-state index contributed by atoms with van der Waals surface area (Å²) in [5.74, 6) is 0.995. The fourth-order valence-corrected chi connectivity index (χ4v) is 3.66. The lowest BCUT2D eigenvalue weighted by Crippen LogP contribution is -2.23. The number of rotatable bonds is 2. The highest BCUT2D eigenvalue weighted by atomic mass is 16.1. The van der Waals surface area contributed by atoms with Crippen molar-refractivity contribution in [2.45, 2.75) is 38.5 Å². The Morgan fingerprint density at radius 3 is 2.74 bits per heavy atom. The van der Waals surface area contributed by atoms with Crippen LogP contribution in [0.15, 0.2) is 30.5 Å². The van der Waals surface area contributed by atoms with Crippen LogP contribution < -0.4 is 0 Å². The predicted molar refractivity (Wildman–Crippen MR) is 78.3 cm³/mol. The van der Waals surface area contributed by atoms with Gasteiger partial charge in [-0.05, 0) is 37.3 Å². The van der Waals surface area contributed by atoms with Crippen molar-refractivity contribution in [1.82, 2.24) is 4.57 Å². The van der Waals surface area contributed by atoms with Crippen molar-refractivity contribution in [2.75, 3.05) is 0 Å². The second kappa shape index (κ2) is 4.84. The summed E-state index contributed by atoms with van der Waals surface area (Å²) in [6.07, 6.45) is 6.89. The molecule has 2 aromatic rings. The SMILES string of the molecule is CC(=O)[C@@H]1CCCC[C@H]1c1cn(C)c2ccccc12. The second-order valence-electron chi connectivity index (χ2n) is 5.82. The number of fused-ring (bicyclic) bond motifs is 1. The lowest BCUT2D eigenvalue weighted by Gasteiger charge is -2.29. The van der Waals surface area contributed by atoms with Gasteiger partial charge in [0, 0.05) is 30.1 Å². The average Bonchev–Trinajstić information content (AvgIpc) is 2.77. The Morgan fingerprint density at radius 2 is 1.95 bits per heavy atom. The minimum Gasteiger partial charge on any atom is -0.350 e. The molecule has 0 aliphatic heterocycles. The van der Waals surface area contributed by atoms with Crippen molar-refractivity contribution in [2.24, 2.45) is 13.0 Å². The van der Waals surface area contributed by atoms with E-state index in [1.54, 1.807) is 6.92 Å². The first-order valence-electron chi connectivity index (χ1n) is 7.23. The van der Waals surface area contributed by atoms with Gasteiger partial charge >= 0.3 is 0 Å². The summed E-state index contributed by atoms with van der Waals surface area (Å²) >= 11 is 0. The van der Waals surface area contributed by atoms with Crippen molar-refractivity contribution >= 4 is 16.7 Å². The summed E-state index contributed by atoms with van der Waals surface area (Å²) in [7, 11) is 2.09. The van der Waals surface area contributed by atoms with Crippen LogP contribution in [0.25, 0.3) is 10.9 Å². The molecule has 1 aliphatic carbocycles. The van der Waals surface area contributed by atoms with Crippen LogP contribution in [0.3, 0.4) is 0 Å². The van der Waals surface area contributed by atoms with E-state index >= 15 is 0 Å². The first kappa shape index (κ1) is 12.5. The van der Waals surface area contributed by atoms with Crippen molar-refractivity contribution in [3.05, 3.63) is 36.0 Å². The second-order valence-corrected chi connectivity index (χ2v) is 5.82. The Hall–Kier alpha value is -1.57. The number of benzene rings is 1. The van der Waals surface area contributed by atoms with Crippen LogP contribution in [0, 0.1) is 5.92 Å². The molecule has 0 amide bonds. The van der Waals surface area contributed by atoms with Gasteiger partial charge < -0.3 is 4.57 Å². The Morgan fingerprint density at radius 1 is 1.21 bits per heavy atom. The largest absolute Gasteiger partial charge is 0.350 e. The van der Waals surface area contributed by atoms with Gasteiger partial charge in [0.05, 0.1) is 0 Å². The summed E-state index contributed by atoms with van der Waals surface area (Å²) in [6, 6.07) is 8.52. The smallest absolute Gasteiger partial charge is 0.133 e. The number of aryl methyl sites for hydroxylation is 1. The van der Waals surface area contributed by atoms with E-state index in [1.165, 1.54) is 29.3 Å². The molecule has 1 aliphatic rings. The maximum absolute atomic E-state index is 11.9. The van der Waals surface area contributed by atoms with Crippen LogP contribution in [0.2, 0.25) is 0 Å². The van der Waals surface area contributed by atoms with E-state index in [-0.39, 0.29) is 5.92 Å². The van der Waals surface area contributed by atoms with E-state index < -0.39 is 0 Å². The van der Waals surface area contributed by atoms with E-state index in [2.05, 4.69) is 42.1 Å². The molecule has 1 aromatic heterocycles. The fourth-order valence-electron chi connectivity index (χ4n) is 3.66. The summed E-state index contributed by atoms with van der Waals surface area (Å²) in [4.78, 5) is 11.9. The molecule has 0 unspecified atom stereocenters. The van der Waals surface area contributed by atoms with Gasteiger partial charge in [-0.1, -0.05) is 31.0 Å². The van der Waals surface area contributed by atoms with E-state index in [9.17, 15) is 4.79 Å². The number of carbonyl (C=O) groups is 1. The molecule has 2 nitrogen and oxygen atoms in total. The number of Topliss-reactive ketones (excluding diaryl/α,β-unsaturated/α-hetero) is 1. The van der Waals surface area contributed by atoms with Crippen LogP contribution >= 0.6 is 0 Å². The van der Waals surface area contributed by atoms with Crippen LogP contribution in [-0.2, 0) is 11.8 Å². The molecule has 1 saturated carbocycles. The average molecular weight is 255 g/mol. The summed E-state index contributed by atoms with van der Waals surface area (Å²) in [5, 5.41) is 1.32. The molecule has 0 saturated heterocycles. The van der Waals surface area contributed by atoms with Gasteiger partial charge in [-0.25, -0.2) is 0 Å². The topological polar surface area (TPSA) is 22.0 Å². The number of hydrogen-bond donors (Lipinski definition) is 0. The third-order valence-corrected chi connectivity index (χ3v) is 4.62. The standard InChI is InChI=1S/C17H21NO/c1-12(19)13-7-3-4-8-14(13)16-11-18(2)17-10-6-5-9-15(16)17/h5-6,9-11,13-14H,3-4,7-8H2,1-2H3/t13-,14+/m0/s1. The highest BCUT2D eigenvalue weighted by Crippen LogP contribution is 2.41. The Bertz CT molecular complexity index is 611. The first-order chi connectivity index (χ1) is 9.18. The predicted octanol–water partition coefficient (Wildman–Crippen LogP) is 4.04. The van der Waals surface area contributed by atoms with Crippen molar-refractivity contribution in [3.8, 4) is 0 Å². The van der Waals surface area contributed by atoms with Gasteiger partial charge in [-0.3, -0.25) is 4.79 Å². The maximum Gasteiger partial charge on any atom is 0.133 e. The maximum atomic E-state index is 11.9. The summed E-state index contributed by atoms with van der Waals surface area (Å²) in [5.41, 5.74) is 2.64. The number of para-hydroxylation sites is 1. The molecular weight excluding hydrogens is 234 g/mol. The van der Waals surface area contributed by atoms with Crippen LogP contribution in [0.4, 0.5) is 0 Å². The van der Waals surface area contributed by atoms with E-state index in [0.717, 1.165) is 12.8 Å². The highest BCUT2D eigenvalue weighted by molar-refractivity contribution is 5.86. The Kier molecular flexibility index (Phi) is 3.17. The van der Waals surface area contributed by atoms with Gasteiger partial charge in [0.1, 0.15) is 5.78 Å². The third kappa shape index (κ3) is 2.09. The molecular formula is C17H21NO. The molecule has 2 heteroatoms. The molecule has 0 radical (unpaired) electrons. The summed E-state index contributed by atoms with van der Waals surface area (Å²) < 4.78 is 2.19. The van der Waals surface area contributed by atoms with Crippen molar-refractivity contribution in [3.63, 3.8) is 0 Å².